The van der Waals surface area contributed by atoms with Gasteiger partial charge in [0.05, 0.1) is 18.9 Å². The van der Waals surface area contributed by atoms with Gasteiger partial charge in [-0.15, -0.1) is 0 Å². The first-order valence-corrected chi connectivity index (χ1v) is 10.5. The van der Waals surface area contributed by atoms with E-state index in [0.29, 0.717) is 29.7 Å². The number of halogens is 2. The predicted octanol–water partition coefficient (Wildman–Crippen LogP) is 3.91. The van der Waals surface area contributed by atoms with Crippen molar-refractivity contribution in [3.05, 3.63) is 64.4 Å². The second-order valence-corrected chi connectivity index (χ2v) is 8.00. The number of nitrogens with one attached hydrogen (secondary N) is 1. The molecule has 2 aromatic carbocycles. The Hall–Kier alpha value is -2.41. The van der Waals surface area contributed by atoms with Crippen molar-refractivity contribution >= 4 is 27.7 Å². The molecule has 0 saturated carbocycles. The molecule has 0 spiro atoms. The van der Waals surface area contributed by atoms with Gasteiger partial charge in [-0.2, -0.15) is 0 Å². The summed E-state index contributed by atoms with van der Waals surface area (Å²) in [5.41, 5.74) is 0.687. The minimum absolute atomic E-state index is 0.00695. The van der Waals surface area contributed by atoms with Gasteiger partial charge in [-0.25, -0.2) is 4.39 Å². The fraction of sp³-hybridized carbons (Fsp3) is 0.364. The summed E-state index contributed by atoms with van der Waals surface area (Å²) >= 11 is 3.25. The van der Waals surface area contributed by atoms with Crippen LogP contribution in [0.2, 0.25) is 0 Å². The van der Waals surface area contributed by atoms with Crippen molar-refractivity contribution < 1.29 is 18.7 Å². The van der Waals surface area contributed by atoms with Crippen molar-refractivity contribution in [1.29, 1.82) is 0 Å². The van der Waals surface area contributed by atoms with E-state index in [2.05, 4.69) is 21.2 Å². The van der Waals surface area contributed by atoms with Gasteiger partial charge in [-0.3, -0.25) is 9.59 Å². The van der Waals surface area contributed by atoms with Gasteiger partial charge in [0.25, 0.3) is 0 Å². The molecule has 2 aromatic rings. The highest BCUT2D eigenvalue weighted by Gasteiger charge is 2.28. The molecule has 7 heteroatoms. The van der Waals surface area contributed by atoms with Gasteiger partial charge in [0.2, 0.25) is 11.8 Å². The molecule has 0 aromatic heterocycles. The molecule has 1 N–H and O–H groups in total. The first-order valence-electron chi connectivity index (χ1n) is 9.69. The summed E-state index contributed by atoms with van der Waals surface area (Å²) in [5, 5.41) is 2.86. The minimum Gasteiger partial charge on any atom is -0.493 e. The quantitative estimate of drug-likeness (QED) is 0.678. The van der Waals surface area contributed by atoms with Crippen LogP contribution in [0.15, 0.2) is 53.0 Å². The van der Waals surface area contributed by atoms with Crippen molar-refractivity contribution in [3.63, 3.8) is 0 Å². The van der Waals surface area contributed by atoms with Crippen LogP contribution in [0.1, 0.15) is 24.8 Å². The van der Waals surface area contributed by atoms with Crippen molar-refractivity contribution in [1.82, 2.24) is 10.2 Å². The van der Waals surface area contributed by atoms with Crippen LogP contribution in [0.3, 0.4) is 0 Å². The average Bonchev–Trinajstić information content (AvgIpc) is 2.72. The number of carbonyl (C=O) groups is 2. The van der Waals surface area contributed by atoms with E-state index in [9.17, 15) is 14.0 Å². The fourth-order valence-electron chi connectivity index (χ4n) is 3.40. The molecule has 1 aliphatic heterocycles. The van der Waals surface area contributed by atoms with Crippen molar-refractivity contribution in [2.24, 2.45) is 5.92 Å². The van der Waals surface area contributed by atoms with Crippen LogP contribution < -0.4 is 10.1 Å². The molecule has 1 atom stereocenters. The first-order chi connectivity index (χ1) is 14.0. The number of hydrogen-bond donors (Lipinski definition) is 1. The van der Waals surface area contributed by atoms with Crippen molar-refractivity contribution in [2.45, 2.75) is 25.8 Å². The number of nitrogens with zero attached hydrogens (tertiary/aromatic N) is 1. The zero-order valence-electron chi connectivity index (χ0n) is 16.1. The van der Waals surface area contributed by atoms with E-state index in [1.54, 1.807) is 11.0 Å². The van der Waals surface area contributed by atoms with Gasteiger partial charge in [0.15, 0.2) is 0 Å². The van der Waals surface area contributed by atoms with E-state index in [4.69, 9.17) is 4.74 Å². The molecule has 154 valence electrons. The SMILES string of the molecule is O=C(NCc1cc(F)cc(Br)c1)C1CCCN(C(=O)CCOc2ccccc2)C1. The van der Waals surface area contributed by atoms with Crippen molar-refractivity contribution in [3.8, 4) is 5.75 Å². The lowest BCUT2D eigenvalue weighted by atomic mass is 9.96. The average molecular weight is 463 g/mol. The van der Waals surface area contributed by atoms with Crippen LogP contribution in [-0.2, 0) is 16.1 Å². The van der Waals surface area contributed by atoms with Gasteiger partial charge in [-0.1, -0.05) is 34.1 Å². The molecule has 5 nitrogen and oxygen atoms in total. The van der Waals surface area contributed by atoms with Gasteiger partial charge < -0.3 is 15.0 Å². The largest absolute Gasteiger partial charge is 0.493 e. The Balaban J connectivity index is 1.45. The molecule has 1 saturated heterocycles. The molecule has 2 amide bonds. The number of para-hydroxylation sites is 1. The highest BCUT2D eigenvalue weighted by atomic mass is 79.9. The molecule has 0 aliphatic carbocycles. The second kappa shape index (κ2) is 10.4. The highest BCUT2D eigenvalue weighted by Crippen LogP contribution is 2.19. The van der Waals surface area contributed by atoms with Crippen LogP contribution in [0.25, 0.3) is 0 Å². The summed E-state index contributed by atoms with van der Waals surface area (Å²) < 4.78 is 19.7. The Morgan fingerprint density at radius 1 is 1.21 bits per heavy atom. The van der Waals surface area contributed by atoms with Gasteiger partial charge in [0, 0.05) is 24.1 Å². The lowest BCUT2D eigenvalue weighted by Gasteiger charge is -2.32. The van der Waals surface area contributed by atoms with E-state index < -0.39 is 0 Å². The number of amides is 2. The normalized spacial score (nSPS) is 16.3. The minimum atomic E-state index is -0.351. The third kappa shape index (κ3) is 6.56. The predicted molar refractivity (Wildman–Crippen MR) is 112 cm³/mol. The van der Waals surface area contributed by atoms with Gasteiger partial charge in [0.1, 0.15) is 11.6 Å². The maximum absolute atomic E-state index is 13.5. The number of piperidine rings is 1. The molecule has 1 heterocycles. The Morgan fingerprint density at radius 3 is 2.76 bits per heavy atom. The Bertz CT molecular complexity index is 827. The molecule has 1 aliphatic rings. The zero-order chi connectivity index (χ0) is 20.6. The number of ether oxygens (including phenoxy) is 1. The molecule has 1 unspecified atom stereocenters. The van der Waals surface area contributed by atoms with E-state index in [-0.39, 0.29) is 36.5 Å². The second-order valence-electron chi connectivity index (χ2n) is 7.09. The lowest BCUT2D eigenvalue weighted by Crippen LogP contribution is -2.45. The Morgan fingerprint density at radius 2 is 2.00 bits per heavy atom. The van der Waals surface area contributed by atoms with E-state index >= 15 is 0 Å². The monoisotopic (exact) mass is 462 g/mol. The van der Waals surface area contributed by atoms with E-state index in [1.165, 1.54) is 12.1 Å². The van der Waals surface area contributed by atoms with E-state index in [0.717, 1.165) is 18.6 Å². The van der Waals surface area contributed by atoms with Gasteiger partial charge >= 0.3 is 0 Å². The molecular weight excluding hydrogens is 439 g/mol. The maximum atomic E-state index is 13.5. The smallest absolute Gasteiger partial charge is 0.226 e. The van der Waals surface area contributed by atoms with Crippen LogP contribution in [0.4, 0.5) is 4.39 Å². The summed E-state index contributed by atoms with van der Waals surface area (Å²) in [6, 6.07) is 13.9. The lowest BCUT2D eigenvalue weighted by molar-refractivity contribution is -0.136. The number of likely N-dealkylation sites (tertiary alicyclic amines) is 1. The number of rotatable bonds is 7. The Labute approximate surface area is 178 Å². The number of hydrogen-bond acceptors (Lipinski definition) is 3. The molecular formula is C22H24BrFN2O3. The summed E-state index contributed by atoms with van der Waals surface area (Å²) in [7, 11) is 0. The first kappa shape index (κ1) is 21.3. The molecule has 3 rings (SSSR count). The summed E-state index contributed by atoms with van der Waals surface area (Å²) in [4.78, 5) is 26.7. The topological polar surface area (TPSA) is 58.6 Å². The summed E-state index contributed by atoms with van der Waals surface area (Å²) in [6.45, 7) is 1.63. The third-order valence-electron chi connectivity index (χ3n) is 4.86. The fourth-order valence-corrected chi connectivity index (χ4v) is 3.91. The standard InChI is InChI=1S/C22H24BrFN2O3/c23-18-11-16(12-19(24)13-18)14-25-22(28)17-5-4-9-26(15-17)21(27)8-10-29-20-6-2-1-3-7-20/h1-3,6-7,11-13,17H,4-5,8-10,14-15H2,(H,25,28). The van der Waals surface area contributed by atoms with Gasteiger partial charge in [-0.05, 0) is 48.7 Å². The molecule has 0 bridgehead atoms. The third-order valence-corrected chi connectivity index (χ3v) is 5.32. The number of benzene rings is 2. The molecule has 0 radical (unpaired) electrons. The van der Waals surface area contributed by atoms with Crippen LogP contribution in [-0.4, -0.2) is 36.4 Å². The molecule has 1 fully saturated rings. The highest BCUT2D eigenvalue weighted by molar-refractivity contribution is 9.10. The zero-order valence-corrected chi connectivity index (χ0v) is 17.7. The maximum Gasteiger partial charge on any atom is 0.226 e. The Kier molecular flexibility index (Phi) is 7.63. The van der Waals surface area contributed by atoms with Crippen LogP contribution >= 0.6 is 15.9 Å². The van der Waals surface area contributed by atoms with E-state index in [1.807, 2.05) is 30.3 Å². The van der Waals surface area contributed by atoms with Crippen LogP contribution in [0, 0.1) is 11.7 Å². The molecule has 29 heavy (non-hydrogen) atoms. The van der Waals surface area contributed by atoms with Crippen molar-refractivity contribution in [2.75, 3.05) is 19.7 Å². The summed E-state index contributed by atoms with van der Waals surface area (Å²) in [6.07, 6.45) is 1.80. The number of carbonyl (C=O) groups excluding carboxylic acids is 2. The van der Waals surface area contributed by atoms with Crippen LogP contribution in [0.5, 0.6) is 5.75 Å². The summed E-state index contributed by atoms with van der Waals surface area (Å²) in [5.74, 6) is 0.0200.